The molecule has 2 rings (SSSR count). The van der Waals surface area contributed by atoms with E-state index in [-0.39, 0.29) is 5.56 Å². The number of rotatable bonds is 2. The molecule has 0 saturated heterocycles. The van der Waals surface area contributed by atoms with Crippen molar-refractivity contribution in [2.75, 3.05) is 0 Å². The Labute approximate surface area is 99.0 Å². The maximum absolute atomic E-state index is 10.7. The standard InChI is InChI=1S/C13H12N2O2/c1-8-7-14-9(2)12(15-8)10-3-5-11(6-4-10)13(16)17/h3-7H,1-2H3,(H,16,17). The Hall–Kier alpha value is -2.23. The van der Waals surface area contributed by atoms with Crippen molar-refractivity contribution in [1.82, 2.24) is 9.97 Å². The minimum atomic E-state index is -0.927. The summed E-state index contributed by atoms with van der Waals surface area (Å²) in [6.07, 6.45) is 1.71. The van der Waals surface area contributed by atoms with Crippen LogP contribution in [0.25, 0.3) is 11.3 Å². The van der Waals surface area contributed by atoms with Gasteiger partial charge in [0.05, 0.1) is 22.6 Å². The number of aromatic nitrogens is 2. The van der Waals surface area contributed by atoms with E-state index in [2.05, 4.69) is 9.97 Å². The molecule has 0 radical (unpaired) electrons. The van der Waals surface area contributed by atoms with Gasteiger partial charge in [0, 0.05) is 11.8 Å². The molecule has 0 saturated carbocycles. The minimum Gasteiger partial charge on any atom is -0.478 e. The number of benzene rings is 1. The van der Waals surface area contributed by atoms with Crippen molar-refractivity contribution < 1.29 is 9.90 Å². The largest absolute Gasteiger partial charge is 0.478 e. The highest BCUT2D eigenvalue weighted by molar-refractivity contribution is 5.88. The minimum absolute atomic E-state index is 0.270. The van der Waals surface area contributed by atoms with Crippen molar-refractivity contribution in [2.24, 2.45) is 0 Å². The van der Waals surface area contributed by atoms with Crippen LogP contribution in [-0.2, 0) is 0 Å². The normalized spacial score (nSPS) is 10.2. The van der Waals surface area contributed by atoms with Crippen molar-refractivity contribution in [2.45, 2.75) is 13.8 Å². The Balaban J connectivity index is 2.46. The van der Waals surface area contributed by atoms with Gasteiger partial charge in [0.1, 0.15) is 0 Å². The second-order valence-corrected chi connectivity index (χ2v) is 3.83. The molecule has 0 aliphatic carbocycles. The first-order chi connectivity index (χ1) is 8.08. The molecule has 1 heterocycles. The molecule has 0 amide bonds. The molecule has 17 heavy (non-hydrogen) atoms. The van der Waals surface area contributed by atoms with E-state index in [0.717, 1.165) is 22.6 Å². The number of nitrogens with zero attached hydrogens (tertiary/aromatic N) is 2. The molecular formula is C13H12N2O2. The summed E-state index contributed by atoms with van der Waals surface area (Å²) >= 11 is 0. The van der Waals surface area contributed by atoms with Crippen LogP contribution in [-0.4, -0.2) is 21.0 Å². The van der Waals surface area contributed by atoms with Crippen LogP contribution in [0, 0.1) is 13.8 Å². The molecule has 0 unspecified atom stereocenters. The highest BCUT2D eigenvalue weighted by atomic mass is 16.4. The Kier molecular flexibility index (Phi) is 2.87. The van der Waals surface area contributed by atoms with Gasteiger partial charge >= 0.3 is 5.97 Å². The van der Waals surface area contributed by atoms with Crippen LogP contribution < -0.4 is 0 Å². The summed E-state index contributed by atoms with van der Waals surface area (Å²) < 4.78 is 0. The fourth-order valence-electron chi connectivity index (χ4n) is 1.58. The van der Waals surface area contributed by atoms with Crippen molar-refractivity contribution in [1.29, 1.82) is 0 Å². The Morgan fingerprint density at radius 2 is 1.82 bits per heavy atom. The second kappa shape index (κ2) is 4.33. The Morgan fingerprint density at radius 1 is 1.18 bits per heavy atom. The molecule has 0 aliphatic rings. The van der Waals surface area contributed by atoms with Crippen LogP contribution in [0.4, 0.5) is 0 Å². The first-order valence-electron chi connectivity index (χ1n) is 5.22. The van der Waals surface area contributed by atoms with Gasteiger partial charge in [-0.1, -0.05) is 12.1 Å². The van der Waals surface area contributed by atoms with Crippen LogP contribution in [0.3, 0.4) is 0 Å². The van der Waals surface area contributed by atoms with Gasteiger partial charge in [-0.15, -0.1) is 0 Å². The van der Waals surface area contributed by atoms with Gasteiger partial charge in [-0.05, 0) is 26.0 Å². The quantitative estimate of drug-likeness (QED) is 0.857. The van der Waals surface area contributed by atoms with Crippen molar-refractivity contribution in [3.05, 3.63) is 47.4 Å². The first kappa shape index (κ1) is 11.3. The van der Waals surface area contributed by atoms with Crippen molar-refractivity contribution in [3.8, 4) is 11.3 Å². The van der Waals surface area contributed by atoms with Gasteiger partial charge in [0.2, 0.25) is 0 Å². The van der Waals surface area contributed by atoms with Gasteiger partial charge in [-0.2, -0.15) is 0 Å². The summed E-state index contributed by atoms with van der Waals surface area (Å²) in [5, 5.41) is 8.82. The maximum Gasteiger partial charge on any atom is 0.335 e. The van der Waals surface area contributed by atoms with Crippen molar-refractivity contribution >= 4 is 5.97 Å². The van der Waals surface area contributed by atoms with Gasteiger partial charge < -0.3 is 5.11 Å². The highest BCUT2D eigenvalue weighted by Crippen LogP contribution is 2.20. The van der Waals surface area contributed by atoms with Crippen LogP contribution >= 0.6 is 0 Å². The predicted molar refractivity (Wildman–Crippen MR) is 63.9 cm³/mol. The lowest BCUT2D eigenvalue weighted by Crippen LogP contribution is -1.97. The molecule has 0 fully saturated rings. The molecule has 86 valence electrons. The second-order valence-electron chi connectivity index (χ2n) is 3.83. The van der Waals surface area contributed by atoms with Gasteiger partial charge in [-0.25, -0.2) is 9.78 Å². The van der Waals surface area contributed by atoms with E-state index >= 15 is 0 Å². The molecule has 4 nitrogen and oxygen atoms in total. The number of carbonyl (C=O) groups is 1. The number of aromatic carboxylic acids is 1. The van der Waals surface area contributed by atoms with Gasteiger partial charge in [0.25, 0.3) is 0 Å². The summed E-state index contributed by atoms with van der Waals surface area (Å²) in [7, 11) is 0. The van der Waals surface area contributed by atoms with Gasteiger partial charge in [0.15, 0.2) is 0 Å². The van der Waals surface area contributed by atoms with E-state index in [0.29, 0.717) is 0 Å². The number of hydrogen-bond donors (Lipinski definition) is 1. The van der Waals surface area contributed by atoms with E-state index < -0.39 is 5.97 Å². The molecule has 2 aromatic rings. The Bertz CT molecular complexity index is 562. The number of aryl methyl sites for hydroxylation is 2. The van der Waals surface area contributed by atoms with Crippen LogP contribution in [0.1, 0.15) is 21.7 Å². The molecule has 1 aromatic carbocycles. The Morgan fingerprint density at radius 3 is 2.41 bits per heavy atom. The van der Waals surface area contributed by atoms with Crippen LogP contribution in [0.2, 0.25) is 0 Å². The topological polar surface area (TPSA) is 63.1 Å². The fraction of sp³-hybridized carbons (Fsp3) is 0.154. The SMILES string of the molecule is Cc1cnc(C)c(-c2ccc(C(=O)O)cc2)n1. The molecule has 0 aliphatic heterocycles. The van der Waals surface area contributed by atoms with Gasteiger partial charge in [-0.3, -0.25) is 4.98 Å². The fourth-order valence-corrected chi connectivity index (χ4v) is 1.58. The average molecular weight is 228 g/mol. The maximum atomic E-state index is 10.7. The van der Waals surface area contributed by atoms with Crippen molar-refractivity contribution in [3.63, 3.8) is 0 Å². The van der Waals surface area contributed by atoms with E-state index in [1.54, 1.807) is 30.5 Å². The molecule has 0 spiro atoms. The lowest BCUT2D eigenvalue weighted by Gasteiger charge is -2.05. The number of carboxylic acid groups (broad SMARTS) is 1. The monoisotopic (exact) mass is 228 g/mol. The third-order valence-corrected chi connectivity index (χ3v) is 2.48. The molecule has 1 aromatic heterocycles. The summed E-state index contributed by atoms with van der Waals surface area (Å²) in [4.78, 5) is 19.4. The zero-order chi connectivity index (χ0) is 12.4. The molecule has 4 heteroatoms. The van der Waals surface area contributed by atoms with E-state index in [4.69, 9.17) is 5.11 Å². The number of hydrogen-bond acceptors (Lipinski definition) is 3. The molecule has 0 bridgehead atoms. The lowest BCUT2D eigenvalue weighted by molar-refractivity contribution is 0.0697. The zero-order valence-electron chi connectivity index (χ0n) is 9.64. The molecular weight excluding hydrogens is 216 g/mol. The lowest BCUT2D eigenvalue weighted by atomic mass is 10.1. The van der Waals surface area contributed by atoms with E-state index in [1.807, 2.05) is 13.8 Å². The third kappa shape index (κ3) is 2.30. The summed E-state index contributed by atoms with van der Waals surface area (Å²) in [5.74, 6) is -0.927. The highest BCUT2D eigenvalue weighted by Gasteiger charge is 2.07. The summed E-state index contributed by atoms with van der Waals surface area (Å²) in [6.45, 7) is 3.76. The first-order valence-corrected chi connectivity index (χ1v) is 5.22. The van der Waals surface area contributed by atoms with E-state index in [1.165, 1.54) is 0 Å². The summed E-state index contributed by atoms with van der Waals surface area (Å²) in [6, 6.07) is 6.64. The third-order valence-electron chi connectivity index (χ3n) is 2.48. The number of carboxylic acids is 1. The van der Waals surface area contributed by atoms with Crippen LogP contribution in [0.15, 0.2) is 30.5 Å². The average Bonchev–Trinajstić information content (AvgIpc) is 2.32. The zero-order valence-corrected chi connectivity index (χ0v) is 9.64. The van der Waals surface area contributed by atoms with E-state index in [9.17, 15) is 4.79 Å². The molecule has 0 atom stereocenters. The molecule has 1 N–H and O–H groups in total. The van der Waals surface area contributed by atoms with Crippen LogP contribution in [0.5, 0.6) is 0 Å². The smallest absolute Gasteiger partial charge is 0.335 e. The predicted octanol–water partition coefficient (Wildman–Crippen LogP) is 2.46. The summed E-state index contributed by atoms with van der Waals surface area (Å²) in [5.41, 5.74) is 3.62.